The number of halogens is 1. The Balaban J connectivity index is 2.09. The first-order valence-corrected chi connectivity index (χ1v) is 8.29. The molecule has 0 bridgehead atoms. The molecule has 0 spiro atoms. The normalized spacial score (nSPS) is 14.1. The smallest absolute Gasteiger partial charge is 0.139 e. The van der Waals surface area contributed by atoms with E-state index in [2.05, 4.69) is 13.8 Å². The maximum atomic E-state index is 13.6. The Morgan fingerprint density at radius 1 is 1.05 bits per heavy atom. The molecule has 2 aromatic rings. The van der Waals surface area contributed by atoms with Crippen LogP contribution in [0.25, 0.3) is 0 Å². The molecule has 0 aliphatic rings. The minimum Gasteiger partial charge on any atom is -0.323 e. The van der Waals surface area contributed by atoms with Gasteiger partial charge in [0, 0.05) is 11.8 Å². The molecule has 2 nitrogen and oxygen atoms in total. The summed E-state index contributed by atoms with van der Waals surface area (Å²) in [6, 6.07) is 13.7. The molecule has 4 heteroatoms. The van der Waals surface area contributed by atoms with E-state index in [1.165, 1.54) is 11.6 Å². The van der Waals surface area contributed by atoms with Crippen LogP contribution in [0.1, 0.15) is 36.9 Å². The van der Waals surface area contributed by atoms with E-state index in [0.717, 1.165) is 5.56 Å². The van der Waals surface area contributed by atoms with E-state index < -0.39 is 16.6 Å². The van der Waals surface area contributed by atoms with Crippen molar-refractivity contribution in [2.45, 2.75) is 30.7 Å². The van der Waals surface area contributed by atoms with Crippen LogP contribution in [0.4, 0.5) is 4.39 Å². The Morgan fingerprint density at radius 3 is 2.19 bits per heavy atom. The van der Waals surface area contributed by atoms with Crippen molar-refractivity contribution >= 4 is 10.8 Å². The zero-order valence-corrected chi connectivity index (χ0v) is 13.1. The average Bonchev–Trinajstić information content (AvgIpc) is 2.47. The molecule has 21 heavy (non-hydrogen) atoms. The molecule has 0 amide bonds. The molecule has 0 aromatic heterocycles. The van der Waals surface area contributed by atoms with Gasteiger partial charge in [-0.05, 0) is 29.2 Å². The van der Waals surface area contributed by atoms with E-state index in [1.54, 1.807) is 18.2 Å². The van der Waals surface area contributed by atoms with Crippen LogP contribution in [-0.2, 0) is 10.8 Å². The Bertz CT molecular complexity index is 625. The quantitative estimate of drug-likeness (QED) is 0.914. The summed E-state index contributed by atoms with van der Waals surface area (Å²) >= 11 is 0. The van der Waals surface area contributed by atoms with Crippen molar-refractivity contribution in [2.75, 3.05) is 5.75 Å². The highest BCUT2D eigenvalue weighted by Crippen LogP contribution is 2.20. The van der Waals surface area contributed by atoms with Gasteiger partial charge < -0.3 is 5.73 Å². The first-order chi connectivity index (χ1) is 9.99. The predicted molar refractivity (Wildman–Crippen MR) is 85.1 cm³/mol. The number of hydrogen-bond acceptors (Lipinski definition) is 2. The van der Waals surface area contributed by atoms with Crippen LogP contribution in [0.5, 0.6) is 0 Å². The molecule has 0 heterocycles. The number of nitrogens with two attached hydrogens (primary N) is 1. The van der Waals surface area contributed by atoms with E-state index in [-0.39, 0.29) is 16.7 Å². The summed E-state index contributed by atoms with van der Waals surface area (Å²) in [6.07, 6.45) is 0. The molecule has 0 saturated heterocycles. The highest BCUT2D eigenvalue weighted by atomic mass is 32.2. The lowest BCUT2D eigenvalue weighted by molar-refractivity contribution is 0.594. The highest BCUT2D eigenvalue weighted by Gasteiger charge is 2.15. The topological polar surface area (TPSA) is 43.1 Å². The zero-order chi connectivity index (χ0) is 15.4. The van der Waals surface area contributed by atoms with Gasteiger partial charge in [0.15, 0.2) is 0 Å². The molecule has 2 rings (SSSR count). The second kappa shape index (κ2) is 6.96. The van der Waals surface area contributed by atoms with Crippen LogP contribution in [0.15, 0.2) is 53.4 Å². The largest absolute Gasteiger partial charge is 0.323 e. The van der Waals surface area contributed by atoms with Crippen molar-refractivity contribution in [3.63, 3.8) is 0 Å². The second-order valence-corrected chi connectivity index (χ2v) is 6.83. The Labute approximate surface area is 127 Å². The number of rotatable bonds is 5. The third-order valence-corrected chi connectivity index (χ3v) is 4.93. The molecule has 2 aromatic carbocycles. The van der Waals surface area contributed by atoms with Crippen molar-refractivity contribution < 1.29 is 8.60 Å². The van der Waals surface area contributed by atoms with Gasteiger partial charge in [-0.15, -0.1) is 0 Å². The van der Waals surface area contributed by atoms with Crippen LogP contribution in [-0.4, -0.2) is 9.96 Å². The Morgan fingerprint density at radius 2 is 1.62 bits per heavy atom. The standard InChI is InChI=1S/C17H20FNOS/c1-12(2)13-7-9-14(10-8-13)16(19)11-21(20)17-6-4-3-5-15(17)18/h3-10,12,16H,11,19H2,1-2H3. The van der Waals surface area contributed by atoms with Crippen LogP contribution in [0, 0.1) is 5.82 Å². The van der Waals surface area contributed by atoms with Crippen LogP contribution in [0.3, 0.4) is 0 Å². The van der Waals surface area contributed by atoms with Crippen LogP contribution < -0.4 is 5.73 Å². The Kier molecular flexibility index (Phi) is 5.26. The summed E-state index contributed by atoms with van der Waals surface area (Å²) in [6.45, 7) is 4.25. The molecule has 2 N–H and O–H groups in total. The van der Waals surface area contributed by atoms with Crippen LogP contribution in [0.2, 0.25) is 0 Å². The van der Waals surface area contributed by atoms with Gasteiger partial charge in [-0.2, -0.15) is 0 Å². The number of hydrogen-bond donors (Lipinski definition) is 1. The SMILES string of the molecule is CC(C)c1ccc(C(N)CS(=O)c2ccccc2F)cc1. The van der Waals surface area contributed by atoms with Crippen molar-refractivity contribution in [1.82, 2.24) is 0 Å². The minimum absolute atomic E-state index is 0.210. The number of benzene rings is 2. The summed E-state index contributed by atoms with van der Waals surface area (Å²) in [5.74, 6) is 0.225. The Hall–Kier alpha value is -1.52. The summed E-state index contributed by atoms with van der Waals surface area (Å²) in [4.78, 5) is 0.215. The van der Waals surface area contributed by atoms with E-state index in [1.807, 2.05) is 24.3 Å². The lowest BCUT2D eigenvalue weighted by Gasteiger charge is -2.13. The predicted octanol–water partition coefficient (Wildman–Crippen LogP) is 3.76. The first kappa shape index (κ1) is 15.9. The molecular weight excluding hydrogens is 285 g/mol. The monoisotopic (exact) mass is 305 g/mol. The van der Waals surface area contributed by atoms with Crippen molar-refractivity contribution in [1.29, 1.82) is 0 Å². The third-order valence-electron chi connectivity index (χ3n) is 3.44. The van der Waals surface area contributed by atoms with Gasteiger partial charge in [0.1, 0.15) is 5.82 Å². The second-order valence-electron chi connectivity index (χ2n) is 5.37. The van der Waals surface area contributed by atoms with E-state index in [9.17, 15) is 8.60 Å². The van der Waals surface area contributed by atoms with Gasteiger partial charge in [0.05, 0.1) is 15.7 Å². The molecule has 0 aliphatic carbocycles. The molecule has 112 valence electrons. The highest BCUT2D eigenvalue weighted by molar-refractivity contribution is 7.85. The molecule has 0 aliphatic heterocycles. The molecule has 2 atom stereocenters. The molecule has 0 fully saturated rings. The fourth-order valence-electron chi connectivity index (χ4n) is 2.11. The van der Waals surface area contributed by atoms with Crippen molar-refractivity contribution in [2.24, 2.45) is 5.73 Å². The summed E-state index contributed by atoms with van der Waals surface area (Å²) < 4.78 is 25.8. The van der Waals surface area contributed by atoms with Gasteiger partial charge >= 0.3 is 0 Å². The van der Waals surface area contributed by atoms with Gasteiger partial charge in [-0.25, -0.2) is 4.39 Å². The van der Waals surface area contributed by atoms with Crippen molar-refractivity contribution in [3.8, 4) is 0 Å². The van der Waals surface area contributed by atoms with E-state index >= 15 is 0 Å². The first-order valence-electron chi connectivity index (χ1n) is 6.97. The molecule has 0 saturated carbocycles. The molecule has 0 radical (unpaired) electrons. The lowest BCUT2D eigenvalue weighted by atomic mass is 10.00. The minimum atomic E-state index is -1.44. The maximum absolute atomic E-state index is 13.6. The van der Waals surface area contributed by atoms with Gasteiger partial charge in [0.25, 0.3) is 0 Å². The van der Waals surface area contributed by atoms with Gasteiger partial charge in [0.2, 0.25) is 0 Å². The van der Waals surface area contributed by atoms with Crippen molar-refractivity contribution in [3.05, 3.63) is 65.5 Å². The molecule has 2 unspecified atom stereocenters. The summed E-state index contributed by atoms with van der Waals surface area (Å²) in [7, 11) is -1.44. The average molecular weight is 305 g/mol. The van der Waals surface area contributed by atoms with E-state index in [0.29, 0.717) is 5.92 Å². The summed E-state index contributed by atoms with van der Waals surface area (Å²) in [5, 5.41) is 0. The fraction of sp³-hybridized carbons (Fsp3) is 0.294. The lowest BCUT2D eigenvalue weighted by Crippen LogP contribution is -2.19. The zero-order valence-electron chi connectivity index (χ0n) is 12.3. The third kappa shape index (κ3) is 3.99. The van der Waals surface area contributed by atoms with Gasteiger partial charge in [-0.1, -0.05) is 50.2 Å². The summed E-state index contributed by atoms with van der Waals surface area (Å²) in [5.41, 5.74) is 8.25. The van der Waals surface area contributed by atoms with Crippen LogP contribution >= 0.6 is 0 Å². The maximum Gasteiger partial charge on any atom is 0.139 e. The fourth-order valence-corrected chi connectivity index (χ4v) is 3.32. The van der Waals surface area contributed by atoms with E-state index in [4.69, 9.17) is 5.73 Å². The molecular formula is C17H20FNOS. The van der Waals surface area contributed by atoms with Gasteiger partial charge in [-0.3, -0.25) is 4.21 Å².